The third kappa shape index (κ3) is 5.04. The topological polar surface area (TPSA) is 28.2 Å². The van der Waals surface area contributed by atoms with Crippen LogP contribution in [-0.2, 0) is 6.42 Å². The number of thiophene rings is 1. The molecule has 2 heterocycles. The second-order valence-corrected chi connectivity index (χ2v) is 6.04. The Morgan fingerprint density at radius 3 is 2.85 bits per heavy atom. The first-order valence-electron chi connectivity index (χ1n) is 7.11. The Bertz CT molecular complexity index is 470. The van der Waals surface area contributed by atoms with E-state index >= 15 is 0 Å². The Hall–Kier alpha value is -1.23. The lowest BCUT2D eigenvalue weighted by atomic mass is 10.2. The van der Waals surface area contributed by atoms with Crippen LogP contribution >= 0.6 is 11.3 Å². The van der Waals surface area contributed by atoms with Gasteiger partial charge in [-0.3, -0.25) is 4.98 Å². The average molecular weight is 289 g/mol. The van der Waals surface area contributed by atoms with Crippen LogP contribution < -0.4 is 5.32 Å². The monoisotopic (exact) mass is 289 g/mol. The molecule has 0 aromatic carbocycles. The van der Waals surface area contributed by atoms with Crippen molar-refractivity contribution in [1.82, 2.24) is 15.2 Å². The molecule has 1 unspecified atom stereocenters. The number of rotatable bonds is 8. The Balaban J connectivity index is 1.62. The van der Waals surface area contributed by atoms with Crippen LogP contribution in [0.4, 0.5) is 0 Å². The van der Waals surface area contributed by atoms with Crippen LogP contribution in [0.2, 0.25) is 0 Å². The summed E-state index contributed by atoms with van der Waals surface area (Å²) >= 11 is 1.81. The number of hydrogen-bond acceptors (Lipinski definition) is 4. The minimum absolute atomic E-state index is 0.444. The Kier molecular flexibility index (Phi) is 6.18. The van der Waals surface area contributed by atoms with Crippen LogP contribution in [0.15, 0.2) is 41.9 Å². The van der Waals surface area contributed by atoms with E-state index in [4.69, 9.17) is 0 Å². The summed E-state index contributed by atoms with van der Waals surface area (Å²) in [5.41, 5.74) is 1.17. The number of likely N-dealkylation sites (N-methyl/N-ethyl adjacent to an activating group) is 1. The van der Waals surface area contributed by atoms with Gasteiger partial charge in [0.1, 0.15) is 0 Å². The van der Waals surface area contributed by atoms with Crippen molar-refractivity contribution in [1.29, 1.82) is 0 Å². The van der Waals surface area contributed by atoms with Gasteiger partial charge in [-0.05, 0) is 37.6 Å². The van der Waals surface area contributed by atoms with E-state index in [1.54, 1.807) is 0 Å². The molecule has 0 bridgehead atoms. The van der Waals surface area contributed by atoms with E-state index in [0.29, 0.717) is 6.04 Å². The molecule has 2 rings (SSSR count). The molecule has 20 heavy (non-hydrogen) atoms. The molecule has 0 aliphatic heterocycles. The molecule has 0 saturated carbocycles. The SMILES string of the molecule is CC(NCCN(C)CCc1ccccn1)c1cccs1. The molecule has 0 fully saturated rings. The van der Waals surface area contributed by atoms with E-state index in [0.717, 1.165) is 26.1 Å². The molecule has 2 aromatic rings. The fourth-order valence-corrected chi connectivity index (χ4v) is 2.83. The van der Waals surface area contributed by atoms with Crippen molar-refractivity contribution in [2.24, 2.45) is 0 Å². The highest BCUT2D eigenvalue weighted by molar-refractivity contribution is 7.10. The zero-order valence-electron chi connectivity index (χ0n) is 12.2. The van der Waals surface area contributed by atoms with Gasteiger partial charge < -0.3 is 10.2 Å². The lowest BCUT2D eigenvalue weighted by Crippen LogP contribution is -2.31. The number of pyridine rings is 1. The largest absolute Gasteiger partial charge is 0.308 e. The summed E-state index contributed by atoms with van der Waals surface area (Å²) in [5.74, 6) is 0. The summed E-state index contributed by atoms with van der Waals surface area (Å²) in [4.78, 5) is 8.11. The van der Waals surface area contributed by atoms with Gasteiger partial charge in [0.05, 0.1) is 0 Å². The van der Waals surface area contributed by atoms with Gasteiger partial charge in [-0.25, -0.2) is 0 Å². The van der Waals surface area contributed by atoms with Crippen LogP contribution in [0.3, 0.4) is 0 Å². The maximum Gasteiger partial charge on any atom is 0.0416 e. The zero-order chi connectivity index (χ0) is 14.2. The molecule has 0 radical (unpaired) electrons. The highest BCUT2D eigenvalue weighted by Gasteiger charge is 2.06. The van der Waals surface area contributed by atoms with Crippen molar-refractivity contribution >= 4 is 11.3 Å². The zero-order valence-corrected chi connectivity index (χ0v) is 13.1. The van der Waals surface area contributed by atoms with Crippen molar-refractivity contribution in [3.63, 3.8) is 0 Å². The average Bonchev–Trinajstić information content (AvgIpc) is 3.00. The third-order valence-electron chi connectivity index (χ3n) is 3.39. The number of aromatic nitrogens is 1. The molecule has 4 heteroatoms. The van der Waals surface area contributed by atoms with Gasteiger partial charge in [-0.2, -0.15) is 0 Å². The summed E-state index contributed by atoms with van der Waals surface area (Å²) < 4.78 is 0. The lowest BCUT2D eigenvalue weighted by Gasteiger charge is -2.18. The van der Waals surface area contributed by atoms with Gasteiger partial charge in [0.2, 0.25) is 0 Å². The first-order valence-corrected chi connectivity index (χ1v) is 7.99. The predicted molar refractivity (Wildman–Crippen MR) is 86.2 cm³/mol. The van der Waals surface area contributed by atoms with Crippen LogP contribution in [0.1, 0.15) is 23.5 Å². The van der Waals surface area contributed by atoms with Gasteiger partial charge in [-0.1, -0.05) is 12.1 Å². The Morgan fingerprint density at radius 1 is 1.25 bits per heavy atom. The van der Waals surface area contributed by atoms with Crippen molar-refractivity contribution in [2.45, 2.75) is 19.4 Å². The van der Waals surface area contributed by atoms with Gasteiger partial charge in [0.25, 0.3) is 0 Å². The maximum atomic E-state index is 4.35. The molecular weight excluding hydrogens is 266 g/mol. The molecule has 2 aromatic heterocycles. The molecule has 3 nitrogen and oxygen atoms in total. The summed E-state index contributed by atoms with van der Waals surface area (Å²) in [6.45, 7) is 5.34. The van der Waals surface area contributed by atoms with Crippen molar-refractivity contribution < 1.29 is 0 Å². The standard InChI is InChI=1S/C16H23N3S/c1-14(16-7-5-13-20-16)17-10-12-19(2)11-8-15-6-3-4-9-18-15/h3-7,9,13-14,17H,8,10-12H2,1-2H3. The minimum atomic E-state index is 0.444. The molecule has 0 saturated heterocycles. The molecule has 1 atom stereocenters. The van der Waals surface area contributed by atoms with Crippen molar-refractivity contribution in [2.75, 3.05) is 26.7 Å². The van der Waals surface area contributed by atoms with Crippen molar-refractivity contribution in [3.8, 4) is 0 Å². The lowest BCUT2D eigenvalue weighted by molar-refractivity contribution is 0.329. The van der Waals surface area contributed by atoms with E-state index in [1.165, 1.54) is 10.6 Å². The number of hydrogen-bond donors (Lipinski definition) is 1. The van der Waals surface area contributed by atoms with Gasteiger partial charge in [-0.15, -0.1) is 11.3 Å². The van der Waals surface area contributed by atoms with Gasteiger partial charge >= 0.3 is 0 Å². The predicted octanol–water partition coefficient (Wildman–Crippen LogP) is 2.97. The molecule has 108 valence electrons. The van der Waals surface area contributed by atoms with E-state index in [2.05, 4.69) is 52.8 Å². The van der Waals surface area contributed by atoms with Crippen LogP contribution in [0.5, 0.6) is 0 Å². The summed E-state index contributed by atoms with van der Waals surface area (Å²) in [7, 11) is 2.17. The summed E-state index contributed by atoms with van der Waals surface area (Å²) in [6, 6.07) is 10.8. The maximum absolute atomic E-state index is 4.35. The molecule has 0 aliphatic rings. The summed E-state index contributed by atoms with van der Waals surface area (Å²) in [6.07, 6.45) is 2.87. The second kappa shape index (κ2) is 8.15. The third-order valence-corrected chi connectivity index (χ3v) is 4.44. The number of nitrogens with one attached hydrogen (secondary N) is 1. The van der Waals surface area contributed by atoms with E-state index in [9.17, 15) is 0 Å². The van der Waals surface area contributed by atoms with E-state index < -0.39 is 0 Å². The van der Waals surface area contributed by atoms with Crippen LogP contribution in [0, 0.1) is 0 Å². The van der Waals surface area contributed by atoms with Crippen LogP contribution in [-0.4, -0.2) is 36.6 Å². The van der Waals surface area contributed by atoms with Crippen molar-refractivity contribution in [3.05, 3.63) is 52.5 Å². The molecular formula is C16H23N3S. The summed E-state index contributed by atoms with van der Waals surface area (Å²) in [5, 5.41) is 5.70. The quantitative estimate of drug-likeness (QED) is 0.810. The molecule has 0 aliphatic carbocycles. The van der Waals surface area contributed by atoms with E-state index in [-0.39, 0.29) is 0 Å². The normalized spacial score (nSPS) is 12.8. The highest BCUT2D eigenvalue weighted by Crippen LogP contribution is 2.17. The fraction of sp³-hybridized carbons (Fsp3) is 0.438. The Labute approximate surface area is 125 Å². The molecule has 0 spiro atoms. The van der Waals surface area contributed by atoms with E-state index in [1.807, 2.05) is 29.7 Å². The van der Waals surface area contributed by atoms with Crippen LogP contribution in [0.25, 0.3) is 0 Å². The minimum Gasteiger partial charge on any atom is -0.308 e. The number of nitrogens with zero attached hydrogens (tertiary/aromatic N) is 2. The highest BCUT2D eigenvalue weighted by atomic mass is 32.1. The smallest absolute Gasteiger partial charge is 0.0416 e. The Morgan fingerprint density at radius 2 is 2.15 bits per heavy atom. The molecule has 1 N–H and O–H groups in total. The first-order chi connectivity index (χ1) is 9.75. The van der Waals surface area contributed by atoms with Gasteiger partial charge in [0, 0.05) is 48.9 Å². The van der Waals surface area contributed by atoms with Gasteiger partial charge in [0.15, 0.2) is 0 Å². The molecule has 0 amide bonds. The second-order valence-electron chi connectivity index (χ2n) is 5.07. The first kappa shape index (κ1) is 15.2. The fourth-order valence-electron chi connectivity index (χ4n) is 2.07.